The van der Waals surface area contributed by atoms with Gasteiger partial charge in [0.1, 0.15) is 0 Å². The fraction of sp³-hybridized carbons (Fsp3) is 0.708. The minimum Gasteiger partial charge on any atom is -0.381 e. The summed E-state index contributed by atoms with van der Waals surface area (Å²) in [4.78, 5) is 7.67. The number of benzene rings is 1. The van der Waals surface area contributed by atoms with Crippen molar-refractivity contribution in [3.63, 3.8) is 0 Å². The Hall–Kier alpha value is -1.59. The minimum absolute atomic E-state index is 0.0763. The third kappa shape index (κ3) is 5.73. The van der Waals surface area contributed by atoms with E-state index in [0.717, 1.165) is 45.1 Å². The SMILES string of the molecule is CCNC(=NCC1(c2ccccc2C)CCOCC1)NC1CCN(C(C)C)CC1. The van der Waals surface area contributed by atoms with Crippen molar-refractivity contribution in [3.05, 3.63) is 35.4 Å². The number of rotatable bonds is 6. The molecule has 29 heavy (non-hydrogen) atoms. The zero-order valence-electron chi connectivity index (χ0n) is 18.8. The molecule has 0 spiro atoms. The van der Waals surface area contributed by atoms with Crippen LogP contribution in [0.15, 0.2) is 29.3 Å². The Morgan fingerprint density at radius 2 is 1.90 bits per heavy atom. The van der Waals surface area contributed by atoms with Gasteiger partial charge in [0.05, 0.1) is 6.54 Å². The number of ether oxygens (including phenoxy) is 1. The van der Waals surface area contributed by atoms with Crippen LogP contribution in [0.3, 0.4) is 0 Å². The molecule has 0 bridgehead atoms. The molecule has 0 aromatic heterocycles. The largest absolute Gasteiger partial charge is 0.381 e. The van der Waals surface area contributed by atoms with Crippen LogP contribution in [0.25, 0.3) is 0 Å². The smallest absolute Gasteiger partial charge is 0.191 e. The average Bonchev–Trinajstić information content (AvgIpc) is 2.73. The number of hydrogen-bond acceptors (Lipinski definition) is 3. The van der Waals surface area contributed by atoms with Crippen LogP contribution in [-0.2, 0) is 10.2 Å². The number of aliphatic imine (C=N–C) groups is 1. The standard InChI is InChI=1S/C24H40N4O/c1-5-25-23(27-21-10-14-28(15-11-21)19(2)3)26-18-24(12-16-29-17-13-24)22-9-7-6-8-20(22)4/h6-9,19,21H,5,10-18H2,1-4H3,(H2,25,26,27). The van der Waals surface area contributed by atoms with Crippen molar-refractivity contribution >= 4 is 5.96 Å². The van der Waals surface area contributed by atoms with E-state index in [0.29, 0.717) is 12.1 Å². The lowest BCUT2D eigenvalue weighted by molar-refractivity contribution is 0.0529. The van der Waals surface area contributed by atoms with Gasteiger partial charge < -0.3 is 20.3 Å². The van der Waals surface area contributed by atoms with Crippen molar-refractivity contribution in [2.75, 3.05) is 39.4 Å². The Morgan fingerprint density at radius 3 is 2.52 bits per heavy atom. The number of likely N-dealkylation sites (tertiary alicyclic amines) is 1. The molecule has 162 valence electrons. The molecule has 0 aliphatic carbocycles. The molecule has 2 aliphatic rings. The van der Waals surface area contributed by atoms with Gasteiger partial charge in [0, 0.05) is 50.3 Å². The van der Waals surface area contributed by atoms with E-state index in [4.69, 9.17) is 9.73 Å². The van der Waals surface area contributed by atoms with E-state index in [-0.39, 0.29) is 5.41 Å². The number of nitrogens with zero attached hydrogens (tertiary/aromatic N) is 2. The van der Waals surface area contributed by atoms with Crippen LogP contribution in [-0.4, -0.2) is 62.3 Å². The van der Waals surface area contributed by atoms with Crippen LogP contribution in [0.2, 0.25) is 0 Å². The molecule has 2 saturated heterocycles. The van der Waals surface area contributed by atoms with Gasteiger partial charge in [-0.05, 0) is 64.5 Å². The summed E-state index contributed by atoms with van der Waals surface area (Å²) in [5.41, 5.74) is 2.88. The van der Waals surface area contributed by atoms with Crippen LogP contribution in [0, 0.1) is 6.92 Å². The van der Waals surface area contributed by atoms with Crippen LogP contribution < -0.4 is 10.6 Å². The molecule has 0 unspecified atom stereocenters. The third-order valence-corrected chi connectivity index (χ3v) is 6.65. The summed E-state index contributed by atoms with van der Waals surface area (Å²) in [5, 5.41) is 7.20. The van der Waals surface area contributed by atoms with E-state index in [2.05, 4.69) is 67.5 Å². The summed E-state index contributed by atoms with van der Waals surface area (Å²) < 4.78 is 5.71. The van der Waals surface area contributed by atoms with Crippen LogP contribution >= 0.6 is 0 Å². The average molecular weight is 401 g/mol. The molecule has 2 aliphatic heterocycles. The molecule has 0 saturated carbocycles. The summed E-state index contributed by atoms with van der Waals surface area (Å²) in [6, 6.07) is 9.95. The molecule has 0 radical (unpaired) electrons. The van der Waals surface area contributed by atoms with Gasteiger partial charge in [-0.3, -0.25) is 4.99 Å². The molecule has 2 heterocycles. The van der Waals surface area contributed by atoms with E-state index in [1.165, 1.54) is 37.1 Å². The third-order valence-electron chi connectivity index (χ3n) is 6.65. The Labute approximate surface area is 177 Å². The predicted molar refractivity (Wildman–Crippen MR) is 122 cm³/mol. The van der Waals surface area contributed by atoms with Crippen molar-refractivity contribution in [1.29, 1.82) is 0 Å². The number of aryl methyl sites for hydroxylation is 1. The Morgan fingerprint density at radius 1 is 1.21 bits per heavy atom. The zero-order chi connectivity index (χ0) is 20.7. The summed E-state index contributed by atoms with van der Waals surface area (Å²) >= 11 is 0. The lowest BCUT2D eigenvalue weighted by Crippen LogP contribution is -2.50. The number of guanidine groups is 1. The monoisotopic (exact) mass is 400 g/mol. The Bertz CT molecular complexity index is 659. The molecular weight excluding hydrogens is 360 g/mol. The topological polar surface area (TPSA) is 48.9 Å². The van der Waals surface area contributed by atoms with E-state index >= 15 is 0 Å². The van der Waals surface area contributed by atoms with Crippen molar-refractivity contribution in [3.8, 4) is 0 Å². The summed E-state index contributed by atoms with van der Waals surface area (Å²) in [7, 11) is 0. The predicted octanol–water partition coefficient (Wildman–Crippen LogP) is 3.47. The summed E-state index contributed by atoms with van der Waals surface area (Å²) in [6.07, 6.45) is 4.43. The Balaban J connectivity index is 1.71. The van der Waals surface area contributed by atoms with Crippen molar-refractivity contribution in [1.82, 2.24) is 15.5 Å². The van der Waals surface area contributed by atoms with Gasteiger partial charge in [0.2, 0.25) is 0 Å². The maximum atomic E-state index is 5.71. The molecule has 1 aromatic carbocycles. The molecule has 5 nitrogen and oxygen atoms in total. The maximum absolute atomic E-state index is 5.71. The normalized spacial score (nSPS) is 21.3. The van der Waals surface area contributed by atoms with Gasteiger partial charge in [-0.15, -0.1) is 0 Å². The molecule has 5 heteroatoms. The zero-order valence-corrected chi connectivity index (χ0v) is 18.8. The van der Waals surface area contributed by atoms with Gasteiger partial charge in [0.15, 0.2) is 5.96 Å². The van der Waals surface area contributed by atoms with Crippen molar-refractivity contribution < 1.29 is 4.74 Å². The molecule has 3 rings (SSSR count). The second-order valence-electron chi connectivity index (χ2n) is 8.95. The van der Waals surface area contributed by atoms with Gasteiger partial charge in [-0.1, -0.05) is 24.3 Å². The maximum Gasteiger partial charge on any atom is 0.191 e. The number of nitrogens with one attached hydrogen (secondary N) is 2. The highest BCUT2D eigenvalue weighted by Crippen LogP contribution is 2.37. The van der Waals surface area contributed by atoms with E-state index in [1.807, 2.05) is 0 Å². The molecular formula is C24H40N4O. The van der Waals surface area contributed by atoms with Crippen molar-refractivity contribution in [2.24, 2.45) is 4.99 Å². The molecule has 0 atom stereocenters. The molecule has 0 amide bonds. The first-order chi connectivity index (χ1) is 14.0. The fourth-order valence-corrected chi connectivity index (χ4v) is 4.75. The second kappa shape index (κ2) is 10.4. The van der Waals surface area contributed by atoms with E-state index < -0.39 is 0 Å². The van der Waals surface area contributed by atoms with Gasteiger partial charge in [-0.2, -0.15) is 0 Å². The molecule has 2 fully saturated rings. The highest BCUT2D eigenvalue weighted by molar-refractivity contribution is 5.80. The number of piperidine rings is 1. The summed E-state index contributed by atoms with van der Waals surface area (Å²) in [6.45, 7) is 14.6. The number of hydrogen-bond donors (Lipinski definition) is 2. The quantitative estimate of drug-likeness (QED) is 0.567. The first-order valence-corrected chi connectivity index (χ1v) is 11.5. The van der Waals surface area contributed by atoms with Crippen LogP contribution in [0.4, 0.5) is 0 Å². The van der Waals surface area contributed by atoms with Gasteiger partial charge in [-0.25, -0.2) is 0 Å². The summed E-state index contributed by atoms with van der Waals surface area (Å²) in [5.74, 6) is 0.968. The highest BCUT2D eigenvalue weighted by atomic mass is 16.5. The van der Waals surface area contributed by atoms with Crippen LogP contribution in [0.1, 0.15) is 57.6 Å². The lowest BCUT2D eigenvalue weighted by atomic mass is 9.72. The van der Waals surface area contributed by atoms with Gasteiger partial charge >= 0.3 is 0 Å². The first-order valence-electron chi connectivity index (χ1n) is 11.5. The van der Waals surface area contributed by atoms with Crippen LogP contribution in [0.5, 0.6) is 0 Å². The highest BCUT2D eigenvalue weighted by Gasteiger charge is 2.35. The second-order valence-corrected chi connectivity index (χ2v) is 8.95. The van der Waals surface area contributed by atoms with Gasteiger partial charge in [0.25, 0.3) is 0 Å². The minimum atomic E-state index is 0.0763. The Kier molecular flexibility index (Phi) is 7.96. The van der Waals surface area contributed by atoms with E-state index in [9.17, 15) is 0 Å². The molecule has 1 aromatic rings. The fourth-order valence-electron chi connectivity index (χ4n) is 4.75. The van der Waals surface area contributed by atoms with E-state index in [1.54, 1.807) is 0 Å². The molecule has 2 N–H and O–H groups in total. The first kappa shape index (κ1) is 22.1. The van der Waals surface area contributed by atoms with Crippen molar-refractivity contribution in [2.45, 2.75) is 70.9 Å². The lowest BCUT2D eigenvalue weighted by Gasteiger charge is -2.38.